The van der Waals surface area contributed by atoms with Crippen LogP contribution in [0, 0.1) is 5.92 Å². The Labute approximate surface area is 123 Å². The third kappa shape index (κ3) is 5.07. The van der Waals surface area contributed by atoms with Crippen LogP contribution in [-0.2, 0) is 10.2 Å². The fourth-order valence-electron chi connectivity index (χ4n) is 1.63. The Balaban J connectivity index is 1.83. The van der Waals surface area contributed by atoms with E-state index in [1.54, 1.807) is 0 Å². The molecule has 0 atom stereocenters. The van der Waals surface area contributed by atoms with Crippen molar-refractivity contribution < 1.29 is 4.74 Å². The largest absolute Gasteiger partial charge is 0.379 e. The van der Waals surface area contributed by atoms with Gasteiger partial charge in [0.2, 0.25) is 0 Å². The van der Waals surface area contributed by atoms with Gasteiger partial charge in [-0.15, -0.1) is 0 Å². The van der Waals surface area contributed by atoms with Crippen molar-refractivity contribution in [1.82, 2.24) is 9.97 Å². The minimum absolute atomic E-state index is 0.0529. The summed E-state index contributed by atoms with van der Waals surface area (Å²) in [4.78, 5) is 8.96. The molecule has 1 aromatic rings. The number of nitrogens with one attached hydrogen (secondary N) is 1. The molecule has 0 aliphatic heterocycles. The average molecular weight is 328 g/mol. The van der Waals surface area contributed by atoms with Crippen molar-refractivity contribution in [3.05, 3.63) is 16.5 Å². The molecule has 1 fully saturated rings. The Bertz CT molecular complexity index is 427. The van der Waals surface area contributed by atoms with E-state index in [2.05, 4.69) is 52.0 Å². The summed E-state index contributed by atoms with van der Waals surface area (Å²) in [6, 6.07) is 1.90. The number of nitrogens with zero attached hydrogens (tertiary/aromatic N) is 2. The average Bonchev–Trinajstić information content (AvgIpc) is 3.10. The van der Waals surface area contributed by atoms with E-state index >= 15 is 0 Å². The first-order valence-corrected chi connectivity index (χ1v) is 7.61. The summed E-state index contributed by atoms with van der Waals surface area (Å²) >= 11 is 3.43. The highest BCUT2D eigenvalue weighted by molar-refractivity contribution is 9.10. The van der Waals surface area contributed by atoms with Gasteiger partial charge in [-0.05, 0) is 34.7 Å². The number of aromatic nitrogens is 2. The van der Waals surface area contributed by atoms with E-state index < -0.39 is 0 Å². The molecule has 0 saturated heterocycles. The molecule has 1 saturated carbocycles. The number of halogens is 1. The third-order valence-electron chi connectivity index (χ3n) is 2.97. The van der Waals surface area contributed by atoms with E-state index in [1.165, 1.54) is 12.8 Å². The predicted molar refractivity (Wildman–Crippen MR) is 80.5 cm³/mol. The molecule has 1 N–H and O–H groups in total. The van der Waals surface area contributed by atoms with Crippen molar-refractivity contribution in [2.24, 2.45) is 5.92 Å². The molecule has 2 rings (SSSR count). The van der Waals surface area contributed by atoms with E-state index in [-0.39, 0.29) is 5.41 Å². The molecule has 1 aromatic heterocycles. The minimum atomic E-state index is -0.0529. The van der Waals surface area contributed by atoms with Crippen LogP contribution in [0.3, 0.4) is 0 Å². The molecule has 106 valence electrons. The molecule has 0 spiro atoms. The molecule has 0 amide bonds. The van der Waals surface area contributed by atoms with Gasteiger partial charge in [-0.3, -0.25) is 0 Å². The zero-order valence-electron chi connectivity index (χ0n) is 11.9. The molecule has 1 aliphatic rings. The van der Waals surface area contributed by atoms with Crippen molar-refractivity contribution in [3.63, 3.8) is 0 Å². The van der Waals surface area contributed by atoms with Gasteiger partial charge in [-0.2, -0.15) is 0 Å². The van der Waals surface area contributed by atoms with Crippen LogP contribution in [0.25, 0.3) is 0 Å². The van der Waals surface area contributed by atoms with Gasteiger partial charge >= 0.3 is 0 Å². The maximum Gasteiger partial charge on any atom is 0.137 e. The SMILES string of the molecule is CC(C)(C)c1nc(Br)cc(NCCOCC2CC2)n1. The lowest BCUT2D eigenvalue weighted by Gasteiger charge is -2.18. The van der Waals surface area contributed by atoms with Gasteiger partial charge < -0.3 is 10.1 Å². The monoisotopic (exact) mass is 327 g/mol. The van der Waals surface area contributed by atoms with Crippen molar-refractivity contribution in [1.29, 1.82) is 0 Å². The molecule has 1 aliphatic carbocycles. The summed E-state index contributed by atoms with van der Waals surface area (Å²) in [7, 11) is 0. The van der Waals surface area contributed by atoms with Crippen molar-refractivity contribution in [2.45, 2.75) is 39.0 Å². The Kier molecular flexibility index (Phi) is 4.79. The summed E-state index contributed by atoms with van der Waals surface area (Å²) in [6.45, 7) is 8.73. The van der Waals surface area contributed by atoms with Gasteiger partial charge in [-0.1, -0.05) is 20.8 Å². The van der Waals surface area contributed by atoms with Gasteiger partial charge in [-0.25, -0.2) is 9.97 Å². The number of hydrogen-bond donors (Lipinski definition) is 1. The molecule has 1 heterocycles. The number of rotatable bonds is 6. The highest BCUT2D eigenvalue weighted by atomic mass is 79.9. The lowest BCUT2D eigenvalue weighted by atomic mass is 9.96. The highest BCUT2D eigenvalue weighted by Crippen LogP contribution is 2.28. The Hall–Kier alpha value is -0.680. The van der Waals surface area contributed by atoms with Gasteiger partial charge in [0.1, 0.15) is 16.2 Å². The van der Waals surface area contributed by atoms with Crippen molar-refractivity contribution >= 4 is 21.7 Å². The summed E-state index contributed by atoms with van der Waals surface area (Å²) in [5.41, 5.74) is -0.0529. The van der Waals surface area contributed by atoms with E-state index in [1.807, 2.05) is 6.07 Å². The minimum Gasteiger partial charge on any atom is -0.379 e. The molecule has 5 heteroatoms. The molecule has 0 aromatic carbocycles. The van der Waals surface area contributed by atoms with Crippen LogP contribution in [0.5, 0.6) is 0 Å². The van der Waals surface area contributed by atoms with E-state index in [4.69, 9.17) is 4.74 Å². The molecule has 0 radical (unpaired) electrons. The second-order valence-electron chi connectivity index (χ2n) is 6.09. The number of ether oxygens (including phenoxy) is 1. The summed E-state index contributed by atoms with van der Waals surface area (Å²) in [5.74, 6) is 2.51. The fraction of sp³-hybridized carbons (Fsp3) is 0.714. The van der Waals surface area contributed by atoms with Crippen LogP contribution in [0.2, 0.25) is 0 Å². The quantitative estimate of drug-likeness (QED) is 0.642. The molecule has 0 bridgehead atoms. The van der Waals surface area contributed by atoms with Crippen LogP contribution in [0.4, 0.5) is 5.82 Å². The van der Waals surface area contributed by atoms with Gasteiger partial charge in [0.15, 0.2) is 0 Å². The van der Waals surface area contributed by atoms with Gasteiger partial charge in [0, 0.05) is 24.6 Å². The van der Waals surface area contributed by atoms with Crippen molar-refractivity contribution in [3.8, 4) is 0 Å². The second kappa shape index (κ2) is 6.18. The Morgan fingerprint density at radius 3 is 2.74 bits per heavy atom. The zero-order chi connectivity index (χ0) is 13.9. The molecular weight excluding hydrogens is 306 g/mol. The van der Waals surface area contributed by atoms with Gasteiger partial charge in [0.05, 0.1) is 6.61 Å². The first kappa shape index (κ1) is 14.7. The molecule has 19 heavy (non-hydrogen) atoms. The third-order valence-corrected chi connectivity index (χ3v) is 3.37. The van der Waals surface area contributed by atoms with E-state index in [0.717, 1.165) is 41.9 Å². The summed E-state index contributed by atoms with van der Waals surface area (Å²) < 4.78 is 6.40. The fourth-order valence-corrected chi connectivity index (χ4v) is 2.01. The van der Waals surface area contributed by atoms with Crippen LogP contribution >= 0.6 is 15.9 Å². The van der Waals surface area contributed by atoms with E-state index in [0.29, 0.717) is 0 Å². The first-order valence-electron chi connectivity index (χ1n) is 6.82. The smallest absolute Gasteiger partial charge is 0.137 e. The zero-order valence-corrected chi connectivity index (χ0v) is 13.5. The summed E-state index contributed by atoms with van der Waals surface area (Å²) in [5, 5.41) is 3.29. The van der Waals surface area contributed by atoms with Crippen LogP contribution < -0.4 is 5.32 Å². The van der Waals surface area contributed by atoms with Gasteiger partial charge in [0.25, 0.3) is 0 Å². The standard InChI is InChI=1S/C14H22BrN3O/c1-14(2,3)13-17-11(15)8-12(18-13)16-6-7-19-9-10-4-5-10/h8,10H,4-7,9H2,1-3H3,(H,16,17,18). The Morgan fingerprint density at radius 1 is 1.37 bits per heavy atom. The van der Waals surface area contributed by atoms with Crippen LogP contribution in [-0.4, -0.2) is 29.7 Å². The predicted octanol–water partition coefficient (Wildman–Crippen LogP) is 3.38. The number of hydrogen-bond acceptors (Lipinski definition) is 4. The second-order valence-corrected chi connectivity index (χ2v) is 6.91. The van der Waals surface area contributed by atoms with Crippen LogP contribution in [0.15, 0.2) is 10.7 Å². The topological polar surface area (TPSA) is 47.0 Å². The Morgan fingerprint density at radius 2 is 2.11 bits per heavy atom. The van der Waals surface area contributed by atoms with Crippen LogP contribution in [0.1, 0.15) is 39.4 Å². The molecule has 0 unspecified atom stereocenters. The molecule has 4 nitrogen and oxygen atoms in total. The molecular formula is C14H22BrN3O. The maximum atomic E-state index is 5.59. The number of anilines is 1. The lowest BCUT2D eigenvalue weighted by molar-refractivity contribution is 0.134. The summed E-state index contributed by atoms with van der Waals surface area (Å²) in [6.07, 6.45) is 2.67. The van der Waals surface area contributed by atoms with E-state index in [9.17, 15) is 0 Å². The lowest BCUT2D eigenvalue weighted by Crippen LogP contribution is -2.18. The highest BCUT2D eigenvalue weighted by Gasteiger charge is 2.21. The maximum absolute atomic E-state index is 5.59. The normalized spacial score (nSPS) is 15.6. The first-order chi connectivity index (χ1) is 8.95. The van der Waals surface area contributed by atoms with Crippen molar-refractivity contribution in [2.75, 3.05) is 25.1 Å².